The average Bonchev–Trinajstić information content (AvgIpc) is 2.85. The molecule has 31 heavy (non-hydrogen) atoms. The third kappa shape index (κ3) is 5.34. The molecular formula is C23H32O8. The molecule has 0 spiro atoms. The third-order valence-corrected chi connectivity index (χ3v) is 5.74. The van der Waals surface area contributed by atoms with E-state index >= 15 is 0 Å². The molecule has 0 saturated carbocycles. The number of rotatable bonds is 7. The molecular weight excluding hydrogens is 404 g/mol. The highest BCUT2D eigenvalue weighted by molar-refractivity contribution is 5.52. The molecule has 2 heterocycles. The van der Waals surface area contributed by atoms with Gasteiger partial charge in [-0.25, -0.2) is 4.79 Å². The van der Waals surface area contributed by atoms with Gasteiger partial charge in [0.25, 0.3) is 0 Å². The topological polar surface area (TPSA) is 130 Å². The van der Waals surface area contributed by atoms with E-state index in [4.69, 9.17) is 13.9 Å². The quantitative estimate of drug-likeness (QED) is 0.374. The molecule has 8 nitrogen and oxygen atoms in total. The molecule has 0 bridgehead atoms. The molecule has 1 saturated heterocycles. The van der Waals surface area contributed by atoms with E-state index in [0.29, 0.717) is 22.6 Å². The maximum Gasteiger partial charge on any atom is 0.339 e. The molecule has 8 heteroatoms. The highest BCUT2D eigenvalue weighted by atomic mass is 16.6. The molecule has 0 radical (unpaired) electrons. The Morgan fingerprint density at radius 3 is 2.48 bits per heavy atom. The number of hydrogen-bond donors (Lipinski definition) is 4. The van der Waals surface area contributed by atoms with Crippen molar-refractivity contribution in [1.82, 2.24) is 0 Å². The first-order valence-electron chi connectivity index (χ1n) is 10.0. The summed E-state index contributed by atoms with van der Waals surface area (Å²) in [6.07, 6.45) is 3.20. The summed E-state index contributed by atoms with van der Waals surface area (Å²) in [5.74, 6) is 0.732. The van der Waals surface area contributed by atoms with Gasteiger partial charge in [0.15, 0.2) is 0 Å². The highest BCUT2D eigenvalue weighted by Gasteiger charge is 2.55. The fourth-order valence-electron chi connectivity index (χ4n) is 3.64. The Hall–Kier alpha value is -2.23. The van der Waals surface area contributed by atoms with Crippen LogP contribution in [0.25, 0.3) is 6.08 Å². The molecule has 2 rings (SSSR count). The Labute approximate surface area is 181 Å². The van der Waals surface area contributed by atoms with E-state index in [9.17, 15) is 25.2 Å². The predicted octanol–water partition coefficient (Wildman–Crippen LogP) is 1.48. The SMILES string of the molecule is COc1cc(=O)oc(/C=C/C=C/C(O)C(O)/C(C)=C/C2(C)OC(C)C(C)(O)C2O)c1C. The van der Waals surface area contributed by atoms with Crippen LogP contribution in [-0.2, 0) is 4.74 Å². The van der Waals surface area contributed by atoms with Crippen LogP contribution in [0.15, 0.2) is 45.2 Å². The van der Waals surface area contributed by atoms with E-state index in [1.54, 1.807) is 39.8 Å². The molecule has 4 N–H and O–H groups in total. The van der Waals surface area contributed by atoms with E-state index in [1.165, 1.54) is 38.3 Å². The van der Waals surface area contributed by atoms with Gasteiger partial charge in [-0.05, 0) is 52.3 Å². The number of allylic oxidation sites excluding steroid dienone is 2. The minimum Gasteiger partial charge on any atom is -0.496 e. The molecule has 0 aliphatic carbocycles. The number of ether oxygens (including phenoxy) is 2. The van der Waals surface area contributed by atoms with Gasteiger partial charge in [-0.1, -0.05) is 18.2 Å². The summed E-state index contributed by atoms with van der Waals surface area (Å²) in [7, 11) is 1.46. The molecule has 1 fully saturated rings. The molecule has 1 aliphatic heterocycles. The zero-order valence-electron chi connectivity index (χ0n) is 18.7. The van der Waals surface area contributed by atoms with Crippen molar-refractivity contribution in [2.24, 2.45) is 0 Å². The second-order valence-corrected chi connectivity index (χ2v) is 8.26. The van der Waals surface area contributed by atoms with Gasteiger partial charge < -0.3 is 34.3 Å². The van der Waals surface area contributed by atoms with Crippen LogP contribution in [0.2, 0.25) is 0 Å². The normalized spacial score (nSPS) is 31.5. The Bertz CT molecular complexity index is 926. The lowest BCUT2D eigenvalue weighted by atomic mass is 9.85. The molecule has 1 aliphatic rings. The van der Waals surface area contributed by atoms with Crippen molar-refractivity contribution in [3.05, 3.63) is 57.7 Å². The lowest BCUT2D eigenvalue weighted by Gasteiger charge is -2.29. The third-order valence-electron chi connectivity index (χ3n) is 5.74. The summed E-state index contributed by atoms with van der Waals surface area (Å²) in [4.78, 5) is 11.6. The van der Waals surface area contributed by atoms with Gasteiger partial charge in [-0.2, -0.15) is 0 Å². The fraction of sp³-hybridized carbons (Fsp3) is 0.522. The van der Waals surface area contributed by atoms with Crippen LogP contribution >= 0.6 is 0 Å². The Morgan fingerprint density at radius 2 is 1.94 bits per heavy atom. The average molecular weight is 437 g/mol. The first-order chi connectivity index (χ1) is 14.3. The van der Waals surface area contributed by atoms with Gasteiger partial charge >= 0.3 is 5.63 Å². The van der Waals surface area contributed by atoms with E-state index in [2.05, 4.69) is 0 Å². The second-order valence-electron chi connectivity index (χ2n) is 8.26. The monoisotopic (exact) mass is 436 g/mol. The molecule has 6 unspecified atom stereocenters. The van der Waals surface area contributed by atoms with Crippen molar-refractivity contribution in [2.75, 3.05) is 7.11 Å². The summed E-state index contributed by atoms with van der Waals surface area (Å²) < 4.78 is 16.0. The molecule has 1 aromatic rings. The van der Waals surface area contributed by atoms with Crippen molar-refractivity contribution in [2.45, 2.75) is 70.2 Å². The summed E-state index contributed by atoms with van der Waals surface area (Å²) in [6, 6.07) is 1.25. The van der Waals surface area contributed by atoms with Gasteiger partial charge in [0, 0.05) is 5.56 Å². The summed E-state index contributed by atoms with van der Waals surface area (Å²) in [6.45, 7) is 8.11. The Kier molecular flexibility index (Phi) is 7.67. The van der Waals surface area contributed by atoms with Crippen LogP contribution in [0.5, 0.6) is 5.75 Å². The fourth-order valence-corrected chi connectivity index (χ4v) is 3.64. The van der Waals surface area contributed by atoms with Gasteiger partial charge in [0.2, 0.25) is 0 Å². The Balaban J connectivity index is 2.10. The highest BCUT2D eigenvalue weighted by Crippen LogP contribution is 2.39. The number of aliphatic hydroxyl groups is 4. The standard InChI is InChI=1S/C23H32O8/c1-13(12-22(4)21(27)23(5,28)15(3)31-22)20(26)16(24)9-7-8-10-17-14(2)18(29-6)11-19(25)30-17/h7-12,15-16,20-21,24,26-28H,1-6H3/b9-7+,10-8+,13-12+. The van der Waals surface area contributed by atoms with E-state index in [0.717, 1.165) is 0 Å². The smallest absolute Gasteiger partial charge is 0.339 e. The largest absolute Gasteiger partial charge is 0.496 e. The van der Waals surface area contributed by atoms with Gasteiger partial charge in [0.05, 0.1) is 19.3 Å². The number of hydrogen-bond acceptors (Lipinski definition) is 8. The number of methoxy groups -OCH3 is 1. The minimum absolute atomic E-state index is 0.321. The lowest BCUT2D eigenvalue weighted by molar-refractivity contribution is -0.0580. The minimum atomic E-state index is -1.44. The summed E-state index contributed by atoms with van der Waals surface area (Å²) >= 11 is 0. The van der Waals surface area contributed by atoms with Gasteiger partial charge in [-0.15, -0.1) is 0 Å². The summed E-state index contributed by atoms with van der Waals surface area (Å²) in [5, 5.41) is 41.5. The van der Waals surface area contributed by atoms with Crippen LogP contribution < -0.4 is 10.4 Å². The van der Waals surface area contributed by atoms with Gasteiger partial charge in [-0.3, -0.25) is 0 Å². The number of aliphatic hydroxyl groups excluding tert-OH is 3. The maximum absolute atomic E-state index is 11.6. The first-order valence-corrected chi connectivity index (χ1v) is 10.0. The van der Waals surface area contributed by atoms with Crippen molar-refractivity contribution >= 4 is 6.08 Å². The second kappa shape index (κ2) is 9.50. The van der Waals surface area contributed by atoms with E-state index < -0.39 is 41.2 Å². The molecule has 6 atom stereocenters. The predicted molar refractivity (Wildman–Crippen MR) is 116 cm³/mol. The molecule has 172 valence electrons. The van der Waals surface area contributed by atoms with Crippen molar-refractivity contribution in [3.8, 4) is 5.75 Å². The van der Waals surface area contributed by atoms with Crippen LogP contribution in [0.1, 0.15) is 39.0 Å². The van der Waals surface area contributed by atoms with Gasteiger partial charge in [0.1, 0.15) is 41.0 Å². The van der Waals surface area contributed by atoms with E-state index in [-0.39, 0.29) is 0 Å². The van der Waals surface area contributed by atoms with Crippen LogP contribution in [0.4, 0.5) is 0 Å². The molecule has 1 aromatic heterocycles. The Morgan fingerprint density at radius 1 is 1.29 bits per heavy atom. The van der Waals surface area contributed by atoms with Crippen molar-refractivity contribution < 1.29 is 34.3 Å². The molecule has 0 amide bonds. The molecule has 0 aromatic carbocycles. The van der Waals surface area contributed by atoms with Crippen LogP contribution in [-0.4, -0.2) is 63.2 Å². The first kappa shape index (κ1) is 25.0. The summed E-state index contributed by atoms with van der Waals surface area (Å²) in [5.41, 5.74) is -2.16. The van der Waals surface area contributed by atoms with E-state index in [1.807, 2.05) is 0 Å². The van der Waals surface area contributed by atoms with Crippen LogP contribution in [0.3, 0.4) is 0 Å². The zero-order chi connectivity index (χ0) is 23.6. The van der Waals surface area contributed by atoms with Crippen molar-refractivity contribution in [3.63, 3.8) is 0 Å². The maximum atomic E-state index is 11.6. The van der Waals surface area contributed by atoms with Crippen LogP contribution in [0, 0.1) is 6.92 Å². The lowest BCUT2D eigenvalue weighted by Crippen LogP contribution is -2.47. The van der Waals surface area contributed by atoms with Crippen molar-refractivity contribution in [1.29, 1.82) is 0 Å². The zero-order valence-corrected chi connectivity index (χ0v) is 18.7.